The number of hydrogen-bond donors (Lipinski definition) is 0. The summed E-state index contributed by atoms with van der Waals surface area (Å²) in [5.74, 6) is 4.37. The lowest BCUT2D eigenvalue weighted by molar-refractivity contribution is -0.166. The number of fused-ring (bicyclic) bond motifs is 1. The molecule has 1 aliphatic heterocycles. The lowest BCUT2D eigenvalue weighted by atomic mass is 10.1. The SMILES string of the molecule is CCCCC#Cc1ncnc2c1ncn2[C@@H]1O[C@H](COC(C)=O)[C@@H](OC(C)=O)[C@H]1OC(C)=O. The van der Waals surface area contributed by atoms with Crippen molar-refractivity contribution in [3.63, 3.8) is 0 Å². The van der Waals surface area contributed by atoms with E-state index in [4.69, 9.17) is 18.9 Å². The monoisotopic (exact) mass is 458 g/mol. The zero-order valence-corrected chi connectivity index (χ0v) is 18.9. The van der Waals surface area contributed by atoms with Gasteiger partial charge in [-0.3, -0.25) is 19.0 Å². The van der Waals surface area contributed by atoms with Gasteiger partial charge in [0.15, 0.2) is 24.1 Å². The number of hydrogen-bond acceptors (Lipinski definition) is 10. The Bertz CT molecular complexity index is 1090. The second kappa shape index (κ2) is 10.9. The van der Waals surface area contributed by atoms with E-state index in [1.54, 1.807) is 4.57 Å². The number of rotatable bonds is 7. The first-order valence-electron chi connectivity index (χ1n) is 10.6. The Kier molecular flexibility index (Phi) is 7.95. The van der Waals surface area contributed by atoms with Gasteiger partial charge < -0.3 is 18.9 Å². The third-order valence-corrected chi connectivity index (χ3v) is 4.84. The molecule has 2 aromatic rings. The third-order valence-electron chi connectivity index (χ3n) is 4.84. The van der Waals surface area contributed by atoms with Crippen LogP contribution < -0.4 is 0 Å². The normalized spacial score (nSPS) is 21.8. The van der Waals surface area contributed by atoms with Crippen molar-refractivity contribution < 1.29 is 33.3 Å². The van der Waals surface area contributed by atoms with Gasteiger partial charge in [0.2, 0.25) is 0 Å². The quantitative estimate of drug-likeness (QED) is 0.261. The Labute approximate surface area is 190 Å². The first kappa shape index (κ1) is 24.1. The number of carbonyl (C=O) groups excluding carboxylic acids is 3. The number of ether oxygens (including phenoxy) is 4. The number of carbonyl (C=O) groups is 3. The maximum Gasteiger partial charge on any atom is 0.303 e. The highest BCUT2D eigenvalue weighted by Crippen LogP contribution is 2.36. The molecule has 3 heterocycles. The van der Waals surface area contributed by atoms with Crippen LogP contribution in [0.2, 0.25) is 0 Å². The topological polar surface area (TPSA) is 132 Å². The maximum absolute atomic E-state index is 11.8. The summed E-state index contributed by atoms with van der Waals surface area (Å²) in [6.07, 6.45) is 1.73. The minimum absolute atomic E-state index is 0.197. The highest BCUT2D eigenvalue weighted by atomic mass is 16.7. The first-order valence-corrected chi connectivity index (χ1v) is 10.6. The molecule has 0 unspecified atom stereocenters. The lowest BCUT2D eigenvalue weighted by Crippen LogP contribution is -2.40. The fourth-order valence-electron chi connectivity index (χ4n) is 3.46. The number of esters is 3. The predicted octanol–water partition coefficient (Wildman–Crippen LogP) is 1.69. The second-order valence-electron chi connectivity index (χ2n) is 7.47. The molecule has 11 nitrogen and oxygen atoms in total. The fourth-order valence-corrected chi connectivity index (χ4v) is 3.46. The van der Waals surface area contributed by atoms with E-state index in [1.807, 2.05) is 0 Å². The molecule has 0 bridgehead atoms. The summed E-state index contributed by atoms with van der Waals surface area (Å²) in [6, 6.07) is 0. The largest absolute Gasteiger partial charge is 0.463 e. The van der Waals surface area contributed by atoms with Crippen molar-refractivity contribution in [2.45, 2.75) is 71.5 Å². The first-order chi connectivity index (χ1) is 15.8. The molecule has 176 valence electrons. The molecule has 0 saturated carbocycles. The molecule has 0 aromatic carbocycles. The minimum atomic E-state index is -1.03. The van der Waals surface area contributed by atoms with Gasteiger partial charge in [0, 0.05) is 27.2 Å². The van der Waals surface area contributed by atoms with Crippen molar-refractivity contribution in [1.82, 2.24) is 19.5 Å². The van der Waals surface area contributed by atoms with Crippen LogP contribution in [0.3, 0.4) is 0 Å². The highest BCUT2D eigenvalue weighted by molar-refractivity contribution is 5.76. The molecule has 4 atom stereocenters. The zero-order valence-electron chi connectivity index (χ0n) is 18.9. The number of imidazole rings is 1. The molecule has 2 aromatic heterocycles. The lowest BCUT2D eigenvalue weighted by Gasteiger charge is -2.23. The van der Waals surface area contributed by atoms with Gasteiger partial charge in [0.25, 0.3) is 0 Å². The maximum atomic E-state index is 11.8. The molecule has 0 aliphatic carbocycles. The Morgan fingerprint density at radius 3 is 2.45 bits per heavy atom. The molecular formula is C22H26N4O7. The van der Waals surface area contributed by atoms with E-state index in [9.17, 15) is 14.4 Å². The number of unbranched alkanes of at least 4 members (excludes halogenated alkanes) is 2. The molecule has 0 spiro atoms. The Balaban J connectivity index is 1.99. The van der Waals surface area contributed by atoms with Crippen LogP contribution >= 0.6 is 0 Å². The zero-order chi connectivity index (χ0) is 24.0. The summed E-state index contributed by atoms with van der Waals surface area (Å²) in [4.78, 5) is 47.8. The van der Waals surface area contributed by atoms with Crippen molar-refractivity contribution in [2.24, 2.45) is 0 Å². The van der Waals surface area contributed by atoms with E-state index in [2.05, 4.69) is 33.7 Å². The van der Waals surface area contributed by atoms with Crippen molar-refractivity contribution in [2.75, 3.05) is 6.61 Å². The van der Waals surface area contributed by atoms with Crippen molar-refractivity contribution in [3.8, 4) is 11.8 Å². The molecule has 33 heavy (non-hydrogen) atoms. The van der Waals surface area contributed by atoms with Gasteiger partial charge in [-0.05, 0) is 12.3 Å². The van der Waals surface area contributed by atoms with Crippen LogP contribution in [0.1, 0.15) is 58.9 Å². The van der Waals surface area contributed by atoms with E-state index in [0.29, 0.717) is 16.9 Å². The summed E-state index contributed by atoms with van der Waals surface area (Å²) in [5, 5.41) is 0. The van der Waals surface area contributed by atoms with Crippen LogP contribution in [0.5, 0.6) is 0 Å². The molecule has 0 amide bonds. The third kappa shape index (κ3) is 5.84. The van der Waals surface area contributed by atoms with Crippen LogP contribution in [-0.4, -0.2) is 62.3 Å². The average molecular weight is 458 g/mol. The number of aromatic nitrogens is 4. The van der Waals surface area contributed by atoms with Gasteiger partial charge in [-0.25, -0.2) is 15.0 Å². The van der Waals surface area contributed by atoms with Crippen LogP contribution in [0, 0.1) is 11.8 Å². The van der Waals surface area contributed by atoms with Crippen molar-refractivity contribution in [1.29, 1.82) is 0 Å². The van der Waals surface area contributed by atoms with E-state index >= 15 is 0 Å². The molecule has 3 rings (SSSR count). The summed E-state index contributed by atoms with van der Waals surface area (Å²) < 4.78 is 23.5. The molecule has 0 radical (unpaired) electrons. The van der Waals surface area contributed by atoms with Gasteiger partial charge in [0.1, 0.15) is 30.2 Å². The van der Waals surface area contributed by atoms with Gasteiger partial charge in [-0.1, -0.05) is 19.3 Å². The fraction of sp³-hybridized carbons (Fsp3) is 0.545. The Morgan fingerprint density at radius 2 is 1.79 bits per heavy atom. The predicted molar refractivity (Wildman–Crippen MR) is 113 cm³/mol. The van der Waals surface area contributed by atoms with Crippen molar-refractivity contribution >= 4 is 29.1 Å². The van der Waals surface area contributed by atoms with Crippen LogP contribution in [0.25, 0.3) is 11.2 Å². The molecule has 11 heteroatoms. The Hall–Kier alpha value is -3.52. The molecule has 0 N–H and O–H groups in total. The van der Waals surface area contributed by atoms with Gasteiger partial charge >= 0.3 is 17.9 Å². The second-order valence-corrected chi connectivity index (χ2v) is 7.47. The van der Waals surface area contributed by atoms with Crippen LogP contribution in [0.15, 0.2) is 12.7 Å². The van der Waals surface area contributed by atoms with E-state index in [0.717, 1.165) is 19.3 Å². The summed E-state index contributed by atoms with van der Waals surface area (Å²) >= 11 is 0. The summed E-state index contributed by atoms with van der Waals surface area (Å²) in [5.41, 5.74) is 1.32. The smallest absolute Gasteiger partial charge is 0.303 e. The molecular weight excluding hydrogens is 432 g/mol. The van der Waals surface area contributed by atoms with Crippen LogP contribution in [-0.2, 0) is 33.3 Å². The molecule has 1 fully saturated rings. The van der Waals surface area contributed by atoms with E-state index in [1.165, 1.54) is 33.4 Å². The van der Waals surface area contributed by atoms with Gasteiger partial charge in [-0.15, -0.1) is 0 Å². The van der Waals surface area contributed by atoms with Gasteiger partial charge in [0.05, 0.1) is 6.33 Å². The standard InChI is InChI=1S/C22H26N4O7/c1-5-6-7-8-9-16-18-21(24-11-23-16)26(12-25-18)22-20(32-15(4)29)19(31-14(3)28)17(33-22)10-30-13(2)27/h11-12,17,19-20,22H,5-7,10H2,1-4H3/t17-,19-,20-,22-/m1/s1. The van der Waals surface area contributed by atoms with Gasteiger partial charge in [-0.2, -0.15) is 0 Å². The molecule has 1 aliphatic rings. The summed E-state index contributed by atoms with van der Waals surface area (Å²) in [7, 11) is 0. The Morgan fingerprint density at radius 1 is 1.06 bits per heavy atom. The highest BCUT2D eigenvalue weighted by Gasteiger charge is 2.51. The molecule has 1 saturated heterocycles. The van der Waals surface area contributed by atoms with E-state index < -0.39 is 42.4 Å². The summed E-state index contributed by atoms with van der Waals surface area (Å²) in [6.45, 7) is 5.60. The minimum Gasteiger partial charge on any atom is -0.463 e. The van der Waals surface area contributed by atoms with E-state index in [-0.39, 0.29) is 6.61 Å². The van der Waals surface area contributed by atoms with Crippen molar-refractivity contribution in [3.05, 3.63) is 18.3 Å². The van der Waals surface area contributed by atoms with Crippen LogP contribution in [0.4, 0.5) is 0 Å². The number of nitrogens with zero attached hydrogens (tertiary/aromatic N) is 4. The average Bonchev–Trinajstić information content (AvgIpc) is 3.31.